The van der Waals surface area contributed by atoms with Gasteiger partial charge in [0.25, 0.3) is 5.91 Å². The van der Waals surface area contributed by atoms with E-state index in [-0.39, 0.29) is 28.5 Å². The molecule has 0 aliphatic carbocycles. The zero-order valence-electron chi connectivity index (χ0n) is 22.9. The van der Waals surface area contributed by atoms with Crippen LogP contribution in [0.2, 0.25) is 0 Å². The second kappa shape index (κ2) is 12.1. The van der Waals surface area contributed by atoms with Crippen molar-refractivity contribution in [3.63, 3.8) is 0 Å². The molecule has 2 N–H and O–H groups in total. The number of amides is 1. The van der Waals surface area contributed by atoms with Crippen molar-refractivity contribution in [2.24, 2.45) is 0 Å². The molecule has 3 heterocycles. The third kappa shape index (κ3) is 5.96. The van der Waals surface area contributed by atoms with Gasteiger partial charge in [0.2, 0.25) is 5.88 Å². The Morgan fingerprint density at radius 2 is 1.76 bits per heavy atom. The lowest BCUT2D eigenvalue weighted by molar-refractivity contribution is 0.102. The molecule has 0 fully saturated rings. The van der Waals surface area contributed by atoms with E-state index < -0.39 is 17.5 Å². The Morgan fingerprint density at radius 1 is 0.976 bits per heavy atom. The summed E-state index contributed by atoms with van der Waals surface area (Å²) < 4.78 is 45.1. The molecule has 0 aliphatic rings. The van der Waals surface area contributed by atoms with Gasteiger partial charge in [0.05, 0.1) is 12.1 Å². The van der Waals surface area contributed by atoms with Crippen molar-refractivity contribution in [2.75, 3.05) is 25.6 Å². The number of hydrogen-bond donors (Lipinski definition) is 2. The van der Waals surface area contributed by atoms with Gasteiger partial charge >= 0.3 is 0 Å². The van der Waals surface area contributed by atoms with E-state index in [0.717, 1.165) is 11.6 Å². The van der Waals surface area contributed by atoms with E-state index in [0.29, 0.717) is 46.9 Å². The van der Waals surface area contributed by atoms with Crippen molar-refractivity contribution >= 4 is 22.6 Å². The van der Waals surface area contributed by atoms with Crippen LogP contribution in [0.4, 0.5) is 14.5 Å². The van der Waals surface area contributed by atoms with Gasteiger partial charge in [-0.3, -0.25) is 14.8 Å². The van der Waals surface area contributed by atoms with E-state index >= 15 is 4.39 Å². The third-order valence-electron chi connectivity index (χ3n) is 6.37. The number of nitrogens with one attached hydrogen (secondary N) is 1. The first kappa shape index (κ1) is 28.4. The Labute approximate surface area is 239 Å². The summed E-state index contributed by atoms with van der Waals surface area (Å²) in [4.78, 5) is 26.0. The van der Waals surface area contributed by atoms with Gasteiger partial charge in [-0.15, -0.1) is 0 Å². The standard InChI is InChI=1S/C31H26F2N4O5/c1-17-14-24-28(37-31(17)41-13-12-40-3)26(10-11-34-24)42-25-9-8-21(15-23(25)33)36-30(39)22-16-35-18(2)27(29(22)38)19-4-6-20(32)7-5-19/h4-11,14-16H,12-13H2,1-3H3,(H,35,38)(H,36,39). The third-order valence-corrected chi connectivity index (χ3v) is 6.37. The molecular formula is C31H26F2N4O5. The van der Waals surface area contributed by atoms with Crippen LogP contribution in [0.25, 0.3) is 22.2 Å². The van der Waals surface area contributed by atoms with E-state index in [2.05, 4.69) is 20.3 Å². The predicted octanol–water partition coefficient (Wildman–Crippen LogP) is 6.36. The highest BCUT2D eigenvalue weighted by Crippen LogP contribution is 2.36. The Bertz CT molecular complexity index is 1780. The fraction of sp³-hybridized carbons (Fsp3) is 0.161. The molecule has 5 aromatic rings. The van der Waals surface area contributed by atoms with Crippen LogP contribution in [-0.2, 0) is 4.74 Å². The fourth-order valence-corrected chi connectivity index (χ4v) is 4.28. The molecule has 0 atom stereocenters. The van der Waals surface area contributed by atoms with E-state index in [1.165, 1.54) is 48.8 Å². The average Bonchev–Trinajstić information content (AvgIpc) is 2.96. The summed E-state index contributed by atoms with van der Waals surface area (Å²) in [6, 6.07) is 12.7. The van der Waals surface area contributed by atoms with E-state index in [1.54, 1.807) is 26.2 Å². The summed E-state index contributed by atoms with van der Waals surface area (Å²) in [6.45, 7) is 4.19. The van der Waals surface area contributed by atoms with Crippen LogP contribution in [-0.4, -0.2) is 46.3 Å². The summed E-state index contributed by atoms with van der Waals surface area (Å²) in [5, 5.41) is 13.4. The number of rotatable bonds is 9. The number of aromatic hydroxyl groups is 1. The number of hydrogen-bond acceptors (Lipinski definition) is 8. The highest BCUT2D eigenvalue weighted by Gasteiger charge is 2.20. The minimum Gasteiger partial charge on any atom is -0.506 e. The number of nitrogens with zero attached hydrogens (tertiary/aromatic N) is 3. The number of anilines is 1. The summed E-state index contributed by atoms with van der Waals surface area (Å²) in [6.07, 6.45) is 2.75. The highest BCUT2D eigenvalue weighted by atomic mass is 19.1. The average molecular weight is 573 g/mol. The Balaban J connectivity index is 1.37. The fourth-order valence-electron chi connectivity index (χ4n) is 4.28. The minimum absolute atomic E-state index is 0.108. The van der Waals surface area contributed by atoms with Crippen LogP contribution in [0.3, 0.4) is 0 Å². The summed E-state index contributed by atoms with van der Waals surface area (Å²) in [5.41, 5.74) is 2.91. The van der Waals surface area contributed by atoms with Crippen molar-refractivity contribution in [3.8, 4) is 34.3 Å². The van der Waals surface area contributed by atoms with Crippen molar-refractivity contribution < 1.29 is 32.9 Å². The largest absolute Gasteiger partial charge is 0.506 e. The molecule has 2 aromatic carbocycles. The Morgan fingerprint density at radius 3 is 2.50 bits per heavy atom. The van der Waals surface area contributed by atoms with Crippen LogP contribution in [0.15, 0.2) is 67.0 Å². The molecule has 0 saturated heterocycles. The quantitative estimate of drug-likeness (QED) is 0.196. The van der Waals surface area contributed by atoms with Crippen LogP contribution < -0.4 is 14.8 Å². The van der Waals surface area contributed by atoms with E-state index in [9.17, 15) is 14.3 Å². The lowest BCUT2D eigenvalue weighted by atomic mass is 10.0. The zero-order chi connectivity index (χ0) is 29.8. The maximum absolute atomic E-state index is 15.1. The molecule has 11 heteroatoms. The van der Waals surface area contributed by atoms with Gasteiger partial charge in [0, 0.05) is 54.1 Å². The molecule has 42 heavy (non-hydrogen) atoms. The molecule has 0 unspecified atom stereocenters. The predicted molar refractivity (Wildman–Crippen MR) is 152 cm³/mol. The van der Waals surface area contributed by atoms with Crippen LogP contribution in [0, 0.1) is 25.5 Å². The van der Waals surface area contributed by atoms with E-state index in [1.807, 2.05) is 6.92 Å². The van der Waals surface area contributed by atoms with Gasteiger partial charge in [-0.25, -0.2) is 13.8 Å². The van der Waals surface area contributed by atoms with Crippen molar-refractivity contribution in [2.45, 2.75) is 13.8 Å². The molecule has 0 aliphatic heterocycles. The first-order chi connectivity index (χ1) is 20.2. The van der Waals surface area contributed by atoms with Gasteiger partial charge in [-0.1, -0.05) is 12.1 Å². The van der Waals surface area contributed by atoms with Gasteiger partial charge in [0.15, 0.2) is 17.3 Å². The molecule has 0 bridgehead atoms. The molecule has 1 amide bonds. The number of aryl methyl sites for hydroxylation is 2. The second-order valence-electron chi connectivity index (χ2n) is 9.32. The smallest absolute Gasteiger partial charge is 0.261 e. The molecule has 9 nitrogen and oxygen atoms in total. The van der Waals surface area contributed by atoms with Gasteiger partial charge in [0.1, 0.15) is 29.3 Å². The number of carbonyl (C=O) groups is 1. The second-order valence-corrected chi connectivity index (χ2v) is 9.32. The Kier molecular flexibility index (Phi) is 8.21. The number of halogens is 2. The van der Waals surface area contributed by atoms with Gasteiger partial charge in [-0.2, -0.15) is 0 Å². The molecule has 0 radical (unpaired) electrons. The van der Waals surface area contributed by atoms with Crippen molar-refractivity contribution in [3.05, 3.63) is 95.4 Å². The molecule has 5 rings (SSSR count). The molecule has 0 spiro atoms. The number of pyridine rings is 3. The molecular weight excluding hydrogens is 546 g/mol. The molecule has 214 valence electrons. The molecule has 3 aromatic heterocycles. The molecule has 0 saturated carbocycles. The Hall–Kier alpha value is -5.16. The number of carbonyl (C=O) groups excluding carboxylic acids is 1. The monoisotopic (exact) mass is 572 g/mol. The highest BCUT2D eigenvalue weighted by molar-refractivity contribution is 6.07. The number of aromatic nitrogens is 3. The number of fused-ring (bicyclic) bond motifs is 1. The van der Waals surface area contributed by atoms with Crippen LogP contribution in [0.1, 0.15) is 21.6 Å². The van der Waals surface area contributed by atoms with Crippen molar-refractivity contribution in [1.82, 2.24) is 15.0 Å². The lowest BCUT2D eigenvalue weighted by Crippen LogP contribution is -2.13. The van der Waals surface area contributed by atoms with Crippen LogP contribution >= 0.6 is 0 Å². The SMILES string of the molecule is COCCOc1nc2c(Oc3ccc(NC(=O)c4cnc(C)c(-c5ccc(F)cc5)c4O)cc3F)ccnc2cc1C. The first-order valence-corrected chi connectivity index (χ1v) is 12.9. The van der Waals surface area contributed by atoms with Crippen LogP contribution in [0.5, 0.6) is 23.1 Å². The summed E-state index contributed by atoms with van der Waals surface area (Å²) >= 11 is 0. The minimum atomic E-state index is -0.750. The lowest BCUT2D eigenvalue weighted by Gasteiger charge is -2.14. The van der Waals surface area contributed by atoms with Gasteiger partial charge < -0.3 is 24.6 Å². The topological polar surface area (TPSA) is 116 Å². The number of methoxy groups -OCH3 is 1. The van der Waals surface area contributed by atoms with Crippen molar-refractivity contribution in [1.29, 1.82) is 0 Å². The first-order valence-electron chi connectivity index (χ1n) is 12.9. The normalized spacial score (nSPS) is 11.0. The zero-order valence-corrected chi connectivity index (χ0v) is 22.9. The van der Waals surface area contributed by atoms with Gasteiger partial charge in [-0.05, 0) is 49.7 Å². The van der Waals surface area contributed by atoms with E-state index in [4.69, 9.17) is 14.2 Å². The maximum Gasteiger partial charge on any atom is 0.261 e. The maximum atomic E-state index is 15.1. The summed E-state index contributed by atoms with van der Waals surface area (Å²) in [7, 11) is 1.57. The summed E-state index contributed by atoms with van der Waals surface area (Å²) in [5.74, 6) is -1.69. The number of benzene rings is 2. The number of ether oxygens (including phenoxy) is 3.